The lowest BCUT2D eigenvalue weighted by Crippen LogP contribution is -2.29. The summed E-state index contributed by atoms with van der Waals surface area (Å²) in [5.41, 5.74) is 6.03. The Morgan fingerprint density at radius 1 is 1.19 bits per heavy atom. The number of benzene rings is 1. The maximum Gasteiger partial charge on any atom is 0.268 e. The van der Waals surface area contributed by atoms with Crippen LogP contribution >= 0.6 is 0 Å². The highest BCUT2D eigenvalue weighted by Gasteiger charge is 2.20. The summed E-state index contributed by atoms with van der Waals surface area (Å²) in [6.07, 6.45) is 1.69. The van der Waals surface area contributed by atoms with Crippen LogP contribution in [0.5, 0.6) is 5.75 Å². The molecule has 4 rings (SSSR count). The maximum atomic E-state index is 13.5. The predicted octanol–water partition coefficient (Wildman–Crippen LogP) is 4.52. The molecule has 0 spiro atoms. The van der Waals surface area contributed by atoms with Crippen LogP contribution in [0.4, 0.5) is 5.69 Å². The third-order valence-electron chi connectivity index (χ3n) is 6.11. The average molecular weight is 488 g/mol. The van der Waals surface area contributed by atoms with Crippen LogP contribution in [0.15, 0.2) is 53.6 Å². The third kappa shape index (κ3) is 4.84. The Morgan fingerprint density at radius 2 is 1.94 bits per heavy atom. The van der Waals surface area contributed by atoms with E-state index in [0.29, 0.717) is 29.3 Å². The minimum Gasteiger partial charge on any atom is -0.493 e. The van der Waals surface area contributed by atoms with Gasteiger partial charge in [0.15, 0.2) is 0 Å². The molecule has 0 saturated heterocycles. The van der Waals surface area contributed by atoms with Crippen LogP contribution in [0.2, 0.25) is 0 Å². The zero-order chi connectivity index (χ0) is 26.0. The second kappa shape index (κ2) is 10.3. The van der Waals surface area contributed by atoms with E-state index in [4.69, 9.17) is 4.74 Å². The Hall–Kier alpha value is -4.07. The molecule has 2 N–H and O–H groups in total. The summed E-state index contributed by atoms with van der Waals surface area (Å²) in [6, 6.07) is 13.8. The van der Waals surface area contributed by atoms with E-state index in [2.05, 4.69) is 52.2 Å². The van der Waals surface area contributed by atoms with E-state index < -0.39 is 0 Å². The van der Waals surface area contributed by atoms with Crippen molar-refractivity contribution in [3.05, 3.63) is 81.8 Å². The Balaban J connectivity index is 1.79. The molecule has 0 saturated carbocycles. The summed E-state index contributed by atoms with van der Waals surface area (Å²) < 4.78 is 7.47. The number of aromatic nitrogens is 3. The number of H-pyrrole nitrogens is 1. The van der Waals surface area contributed by atoms with Crippen LogP contribution in [0.3, 0.4) is 0 Å². The lowest BCUT2D eigenvalue weighted by Gasteiger charge is -2.19. The monoisotopic (exact) mass is 487 g/mol. The molecule has 0 fully saturated rings. The number of nitrogens with zero attached hydrogens (tertiary/aromatic N) is 3. The van der Waals surface area contributed by atoms with Gasteiger partial charge in [0.2, 0.25) is 0 Å². The highest BCUT2D eigenvalue weighted by Crippen LogP contribution is 2.33. The smallest absolute Gasteiger partial charge is 0.268 e. The normalized spacial score (nSPS) is 11.2. The maximum absolute atomic E-state index is 13.5. The number of carbonyl (C=O) groups excluding carboxylic acids is 1. The number of aromatic amines is 1. The molecule has 0 aliphatic rings. The Bertz CT molecular complexity index is 1470. The van der Waals surface area contributed by atoms with Gasteiger partial charge in [-0.3, -0.25) is 14.0 Å². The molecule has 3 heterocycles. The van der Waals surface area contributed by atoms with Crippen molar-refractivity contribution in [2.45, 2.75) is 40.2 Å². The van der Waals surface area contributed by atoms with Gasteiger partial charge in [-0.05, 0) is 49.6 Å². The molecular weight excluding hydrogens is 454 g/mol. The second-order valence-corrected chi connectivity index (χ2v) is 9.32. The molecule has 0 bridgehead atoms. The lowest BCUT2D eigenvalue weighted by atomic mass is 10.0. The molecule has 0 unspecified atom stereocenters. The van der Waals surface area contributed by atoms with Gasteiger partial charge in [-0.1, -0.05) is 32.0 Å². The Kier molecular flexibility index (Phi) is 7.15. The molecule has 0 radical (unpaired) electrons. The van der Waals surface area contributed by atoms with E-state index >= 15 is 0 Å². The predicted molar refractivity (Wildman–Crippen MR) is 143 cm³/mol. The van der Waals surface area contributed by atoms with E-state index in [-0.39, 0.29) is 23.9 Å². The number of fused-ring (bicyclic) bond motifs is 1. The molecule has 1 aromatic carbocycles. The van der Waals surface area contributed by atoms with Crippen LogP contribution in [0.25, 0.3) is 16.6 Å². The number of amides is 1. The van der Waals surface area contributed by atoms with Crippen molar-refractivity contribution < 1.29 is 9.53 Å². The number of hydrogen-bond donors (Lipinski definition) is 2. The number of ether oxygens (including phenoxy) is 1. The van der Waals surface area contributed by atoms with Crippen LogP contribution in [-0.4, -0.2) is 41.0 Å². The summed E-state index contributed by atoms with van der Waals surface area (Å²) in [5, 5.41) is 2.92. The van der Waals surface area contributed by atoms with Gasteiger partial charge in [0, 0.05) is 31.0 Å². The first-order valence-corrected chi connectivity index (χ1v) is 12.1. The van der Waals surface area contributed by atoms with Crippen molar-refractivity contribution in [3.63, 3.8) is 0 Å². The van der Waals surface area contributed by atoms with Crippen molar-refractivity contribution in [2.24, 2.45) is 0 Å². The van der Waals surface area contributed by atoms with Gasteiger partial charge in [0.25, 0.3) is 11.5 Å². The van der Waals surface area contributed by atoms with Crippen molar-refractivity contribution in [1.29, 1.82) is 0 Å². The molecule has 4 aromatic rings. The van der Waals surface area contributed by atoms with Gasteiger partial charge in [-0.15, -0.1) is 0 Å². The number of nitrogens with one attached hydrogen (secondary N) is 2. The van der Waals surface area contributed by atoms with E-state index in [9.17, 15) is 9.59 Å². The van der Waals surface area contributed by atoms with Crippen LogP contribution < -0.4 is 20.5 Å². The van der Waals surface area contributed by atoms with Gasteiger partial charge in [0.1, 0.15) is 17.8 Å². The van der Waals surface area contributed by atoms with Gasteiger partial charge in [0.05, 0.1) is 29.9 Å². The van der Waals surface area contributed by atoms with E-state index in [1.165, 1.54) is 0 Å². The summed E-state index contributed by atoms with van der Waals surface area (Å²) in [4.78, 5) is 35.6. The molecule has 8 nitrogen and oxygen atoms in total. The van der Waals surface area contributed by atoms with Crippen LogP contribution in [0.1, 0.15) is 54.1 Å². The summed E-state index contributed by atoms with van der Waals surface area (Å²) >= 11 is 0. The summed E-state index contributed by atoms with van der Waals surface area (Å²) in [7, 11) is 4.00. The number of rotatable bonds is 8. The molecular formula is C28H33N5O3. The quantitative estimate of drug-likeness (QED) is 0.381. The zero-order valence-corrected chi connectivity index (χ0v) is 21.7. The van der Waals surface area contributed by atoms with Gasteiger partial charge < -0.3 is 19.9 Å². The number of imidazole rings is 1. The van der Waals surface area contributed by atoms with E-state index in [0.717, 1.165) is 28.0 Å². The first kappa shape index (κ1) is 25.0. The molecule has 0 atom stereocenters. The van der Waals surface area contributed by atoms with E-state index in [1.54, 1.807) is 19.3 Å². The third-order valence-corrected chi connectivity index (χ3v) is 6.11. The second-order valence-electron chi connectivity index (χ2n) is 9.32. The number of carbonyl (C=O) groups is 1. The SMILES string of the molecule is CCOc1cc(C)[nH]c(=O)c1CNC(=O)c1cc(-c2ccccc2N(C)C)cc2c(C(C)C)ncn12. The van der Waals surface area contributed by atoms with Crippen molar-refractivity contribution in [3.8, 4) is 16.9 Å². The standard InChI is InChI=1S/C28H33N5O3/c1-7-36-25-12-18(4)31-27(34)21(25)15-29-28(35)24-14-19(20-10-8-9-11-22(20)32(5)6)13-23-26(17(2)3)30-16-33(23)24/h8-14,16-17H,7,15H2,1-6H3,(H,29,35)(H,31,34). The average Bonchev–Trinajstić information content (AvgIpc) is 3.27. The van der Waals surface area contributed by atoms with Gasteiger partial charge >= 0.3 is 0 Å². The summed E-state index contributed by atoms with van der Waals surface area (Å²) in [6.45, 7) is 8.28. The molecule has 36 heavy (non-hydrogen) atoms. The molecule has 1 amide bonds. The molecule has 0 aliphatic carbocycles. The highest BCUT2D eigenvalue weighted by atomic mass is 16.5. The minimum absolute atomic E-state index is 0.0372. The largest absolute Gasteiger partial charge is 0.493 e. The van der Waals surface area contributed by atoms with Crippen LogP contribution in [-0.2, 0) is 6.54 Å². The first-order valence-electron chi connectivity index (χ1n) is 12.1. The number of pyridine rings is 2. The van der Waals surface area contributed by atoms with Crippen molar-refractivity contribution >= 4 is 17.1 Å². The molecule has 0 aliphatic heterocycles. The number of anilines is 1. The van der Waals surface area contributed by atoms with Gasteiger partial charge in [-0.2, -0.15) is 0 Å². The molecule has 188 valence electrons. The minimum atomic E-state index is -0.306. The topological polar surface area (TPSA) is 91.7 Å². The number of para-hydroxylation sites is 1. The fraction of sp³-hybridized carbons (Fsp3) is 0.321. The number of aryl methyl sites for hydroxylation is 1. The Morgan fingerprint density at radius 3 is 2.64 bits per heavy atom. The fourth-order valence-electron chi connectivity index (χ4n) is 4.39. The molecule has 3 aromatic heterocycles. The fourth-order valence-corrected chi connectivity index (χ4v) is 4.39. The molecule has 8 heteroatoms. The first-order chi connectivity index (χ1) is 17.2. The van der Waals surface area contributed by atoms with Crippen molar-refractivity contribution in [1.82, 2.24) is 19.7 Å². The van der Waals surface area contributed by atoms with E-state index in [1.807, 2.05) is 43.6 Å². The number of hydrogen-bond acceptors (Lipinski definition) is 5. The van der Waals surface area contributed by atoms with Gasteiger partial charge in [-0.25, -0.2) is 4.98 Å². The Labute approximate surface area is 210 Å². The lowest BCUT2D eigenvalue weighted by molar-refractivity contribution is 0.0944. The highest BCUT2D eigenvalue weighted by molar-refractivity contribution is 5.96. The zero-order valence-electron chi connectivity index (χ0n) is 21.7. The summed E-state index contributed by atoms with van der Waals surface area (Å²) in [5.74, 6) is 0.354. The van der Waals surface area contributed by atoms with Crippen molar-refractivity contribution in [2.75, 3.05) is 25.6 Å². The van der Waals surface area contributed by atoms with Crippen LogP contribution in [0, 0.1) is 6.92 Å².